The predicted molar refractivity (Wildman–Crippen MR) is 57.5 cm³/mol. The van der Waals surface area contributed by atoms with E-state index >= 15 is 0 Å². The molecule has 0 radical (unpaired) electrons. The van der Waals surface area contributed by atoms with Gasteiger partial charge in [0.1, 0.15) is 0 Å². The molecule has 18 heavy (non-hydrogen) atoms. The fraction of sp³-hybridized carbons (Fsp3) is 0.545. The molecule has 0 spiro atoms. The molecule has 0 fully saturated rings. The summed E-state index contributed by atoms with van der Waals surface area (Å²) in [7, 11) is 0. The van der Waals surface area contributed by atoms with Crippen molar-refractivity contribution in [2.75, 3.05) is 13.2 Å². The van der Waals surface area contributed by atoms with E-state index in [9.17, 15) is 18.0 Å². The van der Waals surface area contributed by atoms with Crippen molar-refractivity contribution >= 4 is 5.97 Å². The van der Waals surface area contributed by atoms with Crippen LogP contribution >= 0.6 is 0 Å². The van der Waals surface area contributed by atoms with E-state index in [4.69, 9.17) is 9.84 Å². The molecule has 0 saturated heterocycles. The number of aromatic carboxylic acids is 1. The molecule has 0 atom stereocenters. The number of carboxylic acids is 1. The molecule has 1 heterocycles. The monoisotopic (exact) mass is 265 g/mol. The van der Waals surface area contributed by atoms with Crippen LogP contribution in [-0.2, 0) is 17.5 Å². The standard InChI is InChI=1S/C11H14F3NO3/c1-2-4-18-5-3-15-6-8(10(16)17)9(7-15)11(12,13)14/h6-7H,2-5H2,1H3,(H,16,17). The zero-order chi connectivity index (χ0) is 13.8. The first kappa shape index (κ1) is 14.6. The lowest BCUT2D eigenvalue weighted by atomic mass is 10.2. The van der Waals surface area contributed by atoms with Gasteiger partial charge in [-0.3, -0.25) is 0 Å². The minimum Gasteiger partial charge on any atom is -0.478 e. The van der Waals surface area contributed by atoms with Crippen LogP contribution < -0.4 is 0 Å². The highest BCUT2D eigenvalue weighted by Gasteiger charge is 2.36. The van der Waals surface area contributed by atoms with Gasteiger partial charge in [0.15, 0.2) is 0 Å². The summed E-state index contributed by atoms with van der Waals surface area (Å²) >= 11 is 0. The molecule has 1 aromatic rings. The van der Waals surface area contributed by atoms with Gasteiger partial charge in [-0.05, 0) is 6.42 Å². The first-order valence-electron chi connectivity index (χ1n) is 5.44. The fourth-order valence-electron chi connectivity index (χ4n) is 1.45. The van der Waals surface area contributed by atoms with Crippen molar-refractivity contribution in [1.82, 2.24) is 4.57 Å². The highest BCUT2D eigenvalue weighted by molar-refractivity contribution is 5.89. The summed E-state index contributed by atoms with van der Waals surface area (Å²) in [6.45, 7) is 2.88. The van der Waals surface area contributed by atoms with Crippen LogP contribution in [0, 0.1) is 0 Å². The number of hydrogen-bond acceptors (Lipinski definition) is 2. The smallest absolute Gasteiger partial charge is 0.418 e. The Labute approximate surface area is 102 Å². The highest BCUT2D eigenvalue weighted by atomic mass is 19.4. The van der Waals surface area contributed by atoms with Crippen LogP contribution in [0.25, 0.3) is 0 Å². The molecule has 0 bridgehead atoms. The Bertz CT molecular complexity index is 412. The van der Waals surface area contributed by atoms with E-state index in [0.717, 1.165) is 18.8 Å². The molecular weight excluding hydrogens is 251 g/mol. The first-order chi connectivity index (χ1) is 8.36. The maximum absolute atomic E-state index is 12.6. The summed E-state index contributed by atoms with van der Waals surface area (Å²) in [4.78, 5) is 10.7. The van der Waals surface area contributed by atoms with Crippen molar-refractivity contribution in [3.05, 3.63) is 23.5 Å². The quantitative estimate of drug-likeness (QED) is 0.804. The van der Waals surface area contributed by atoms with E-state index in [1.54, 1.807) is 0 Å². The van der Waals surface area contributed by atoms with Crippen molar-refractivity contribution < 1.29 is 27.8 Å². The van der Waals surface area contributed by atoms with Crippen LogP contribution in [0.15, 0.2) is 12.4 Å². The molecule has 0 aliphatic heterocycles. The molecule has 0 aliphatic rings. The molecule has 1 aromatic heterocycles. The maximum atomic E-state index is 12.6. The van der Waals surface area contributed by atoms with E-state index in [1.165, 1.54) is 4.57 Å². The summed E-state index contributed by atoms with van der Waals surface area (Å²) in [6, 6.07) is 0. The van der Waals surface area contributed by atoms with Gasteiger partial charge in [0.2, 0.25) is 0 Å². The SMILES string of the molecule is CCCOCCn1cc(C(=O)O)c(C(F)(F)F)c1. The van der Waals surface area contributed by atoms with Crippen LogP contribution in [0.1, 0.15) is 29.3 Å². The van der Waals surface area contributed by atoms with Gasteiger partial charge in [0, 0.05) is 25.5 Å². The summed E-state index contributed by atoms with van der Waals surface area (Å²) in [5.74, 6) is -1.59. The summed E-state index contributed by atoms with van der Waals surface area (Å²) < 4.78 is 44.0. The lowest BCUT2D eigenvalue weighted by molar-refractivity contribution is -0.138. The van der Waals surface area contributed by atoms with Gasteiger partial charge in [-0.1, -0.05) is 6.92 Å². The Kier molecular flexibility index (Phi) is 4.77. The Balaban J connectivity index is 2.80. The average molecular weight is 265 g/mol. The Morgan fingerprint density at radius 3 is 2.50 bits per heavy atom. The van der Waals surface area contributed by atoms with Crippen molar-refractivity contribution in [1.29, 1.82) is 0 Å². The van der Waals surface area contributed by atoms with Gasteiger partial charge in [0.05, 0.1) is 17.7 Å². The van der Waals surface area contributed by atoms with Gasteiger partial charge in [-0.25, -0.2) is 4.79 Å². The van der Waals surface area contributed by atoms with Crippen molar-refractivity contribution in [3.63, 3.8) is 0 Å². The number of hydrogen-bond donors (Lipinski definition) is 1. The first-order valence-corrected chi connectivity index (χ1v) is 5.44. The van der Waals surface area contributed by atoms with Gasteiger partial charge < -0.3 is 14.4 Å². The van der Waals surface area contributed by atoms with Gasteiger partial charge in [-0.2, -0.15) is 13.2 Å². The molecule has 4 nitrogen and oxygen atoms in total. The number of ether oxygens (including phenoxy) is 1. The minimum atomic E-state index is -4.66. The third kappa shape index (κ3) is 3.76. The number of carboxylic acid groups (broad SMARTS) is 1. The third-order valence-electron chi connectivity index (χ3n) is 2.26. The largest absolute Gasteiger partial charge is 0.478 e. The summed E-state index contributed by atoms with van der Waals surface area (Å²) in [6.07, 6.45) is -2.08. The van der Waals surface area contributed by atoms with E-state index in [1.807, 2.05) is 6.92 Å². The normalized spacial score (nSPS) is 11.8. The Hall–Kier alpha value is -1.50. The lowest BCUT2D eigenvalue weighted by Gasteiger charge is -2.05. The highest BCUT2D eigenvalue weighted by Crippen LogP contribution is 2.32. The second-order valence-electron chi connectivity index (χ2n) is 3.74. The molecule has 7 heteroatoms. The fourth-order valence-corrected chi connectivity index (χ4v) is 1.45. The van der Waals surface area contributed by atoms with Gasteiger partial charge >= 0.3 is 12.1 Å². The van der Waals surface area contributed by atoms with Crippen LogP contribution in [0.5, 0.6) is 0 Å². The number of rotatable bonds is 6. The topological polar surface area (TPSA) is 51.5 Å². The molecule has 102 valence electrons. The van der Waals surface area contributed by atoms with E-state index in [-0.39, 0.29) is 13.2 Å². The number of aromatic nitrogens is 1. The molecule has 0 aliphatic carbocycles. The predicted octanol–water partition coefficient (Wildman–Crippen LogP) is 2.63. The van der Waals surface area contributed by atoms with E-state index in [0.29, 0.717) is 6.61 Å². The molecular formula is C11H14F3NO3. The molecule has 1 rings (SSSR count). The third-order valence-corrected chi connectivity index (χ3v) is 2.26. The van der Waals surface area contributed by atoms with Gasteiger partial charge in [0.25, 0.3) is 0 Å². The van der Waals surface area contributed by atoms with Crippen LogP contribution in [0.2, 0.25) is 0 Å². The molecule has 1 N–H and O–H groups in total. The van der Waals surface area contributed by atoms with E-state index in [2.05, 4.69) is 0 Å². The zero-order valence-corrected chi connectivity index (χ0v) is 9.83. The molecule has 0 unspecified atom stereocenters. The van der Waals surface area contributed by atoms with Crippen LogP contribution in [0.4, 0.5) is 13.2 Å². The number of alkyl halides is 3. The minimum absolute atomic E-state index is 0.191. The number of carbonyl (C=O) groups is 1. The Morgan fingerprint density at radius 1 is 1.39 bits per heavy atom. The Morgan fingerprint density at radius 2 is 2.06 bits per heavy atom. The molecule has 0 saturated carbocycles. The maximum Gasteiger partial charge on any atom is 0.418 e. The lowest BCUT2D eigenvalue weighted by Crippen LogP contribution is -2.09. The van der Waals surface area contributed by atoms with E-state index < -0.39 is 23.3 Å². The van der Waals surface area contributed by atoms with Crippen molar-refractivity contribution in [2.24, 2.45) is 0 Å². The second kappa shape index (κ2) is 5.90. The number of nitrogens with zero attached hydrogens (tertiary/aromatic N) is 1. The summed E-state index contributed by atoms with van der Waals surface area (Å²) in [5.41, 5.74) is -1.87. The van der Waals surface area contributed by atoms with Crippen molar-refractivity contribution in [3.8, 4) is 0 Å². The zero-order valence-electron chi connectivity index (χ0n) is 9.83. The second-order valence-corrected chi connectivity index (χ2v) is 3.74. The summed E-state index contributed by atoms with van der Waals surface area (Å²) in [5, 5.41) is 8.71. The van der Waals surface area contributed by atoms with Crippen LogP contribution in [-0.4, -0.2) is 28.9 Å². The van der Waals surface area contributed by atoms with Crippen LogP contribution in [0.3, 0.4) is 0 Å². The molecule has 0 amide bonds. The van der Waals surface area contributed by atoms with Crippen molar-refractivity contribution in [2.45, 2.75) is 26.1 Å². The van der Waals surface area contributed by atoms with Gasteiger partial charge in [-0.15, -0.1) is 0 Å². The molecule has 0 aromatic carbocycles. The number of halogens is 3. The average Bonchev–Trinajstić information content (AvgIpc) is 2.68.